The highest BCUT2D eigenvalue weighted by Gasteiger charge is 2.32. The van der Waals surface area contributed by atoms with Gasteiger partial charge in [0.05, 0.1) is 12.4 Å². The van der Waals surface area contributed by atoms with E-state index in [1.807, 2.05) is 18.5 Å². The molecule has 0 N–H and O–H groups in total. The molecule has 0 atom stereocenters. The average Bonchev–Trinajstić information content (AvgIpc) is 3.50. The number of benzene rings is 1. The van der Waals surface area contributed by atoms with Gasteiger partial charge in [0.25, 0.3) is 0 Å². The number of hydrogen-bond donors (Lipinski definition) is 0. The van der Waals surface area contributed by atoms with Crippen molar-refractivity contribution in [3.05, 3.63) is 60.0 Å². The summed E-state index contributed by atoms with van der Waals surface area (Å²) >= 11 is 1.73. The highest BCUT2D eigenvalue weighted by Crippen LogP contribution is 2.40. The van der Waals surface area contributed by atoms with E-state index in [0.717, 1.165) is 54.2 Å². The lowest BCUT2D eigenvalue weighted by molar-refractivity contribution is 0.364. The number of anilines is 1. The van der Waals surface area contributed by atoms with Crippen molar-refractivity contribution in [1.82, 2.24) is 20.1 Å². The molecule has 144 valence electrons. The van der Waals surface area contributed by atoms with E-state index in [2.05, 4.69) is 44.3 Å². The van der Waals surface area contributed by atoms with Crippen molar-refractivity contribution >= 4 is 17.6 Å². The third-order valence-corrected chi connectivity index (χ3v) is 6.37. The maximum atomic E-state index is 5.43. The van der Waals surface area contributed by atoms with E-state index in [1.165, 1.54) is 18.4 Å². The van der Waals surface area contributed by atoms with Gasteiger partial charge in [-0.1, -0.05) is 35.5 Å². The quantitative estimate of drug-likeness (QED) is 0.575. The Bertz CT molecular complexity index is 919. The molecule has 0 spiro atoms. The Labute approximate surface area is 168 Å². The van der Waals surface area contributed by atoms with Crippen molar-refractivity contribution in [2.24, 2.45) is 0 Å². The first kappa shape index (κ1) is 17.7. The van der Waals surface area contributed by atoms with Gasteiger partial charge >= 0.3 is 0 Å². The van der Waals surface area contributed by atoms with E-state index < -0.39 is 0 Å². The molecule has 0 unspecified atom stereocenters. The number of rotatable bonds is 6. The molecule has 1 saturated carbocycles. The summed E-state index contributed by atoms with van der Waals surface area (Å²) in [4.78, 5) is 16.2. The number of hydrogen-bond acceptors (Lipinski definition) is 7. The molecule has 2 aliphatic rings. The Balaban J connectivity index is 1.19. The highest BCUT2D eigenvalue weighted by atomic mass is 32.2. The number of nitrogens with zero attached hydrogens (tertiary/aromatic N) is 5. The van der Waals surface area contributed by atoms with Gasteiger partial charge in [0, 0.05) is 30.7 Å². The molecule has 7 heteroatoms. The molecule has 2 aromatic heterocycles. The number of thioether (sulfide) groups is 1. The van der Waals surface area contributed by atoms with Gasteiger partial charge in [-0.15, -0.1) is 11.8 Å². The Kier molecular flexibility index (Phi) is 4.99. The first-order valence-corrected chi connectivity index (χ1v) is 10.9. The summed E-state index contributed by atoms with van der Waals surface area (Å²) in [5, 5.41) is 5.20. The van der Waals surface area contributed by atoms with Crippen molar-refractivity contribution in [2.75, 3.05) is 18.0 Å². The highest BCUT2D eigenvalue weighted by molar-refractivity contribution is 7.98. The van der Waals surface area contributed by atoms with Crippen LogP contribution in [0.2, 0.25) is 0 Å². The van der Waals surface area contributed by atoms with Gasteiger partial charge in [0.1, 0.15) is 10.8 Å². The molecule has 0 radical (unpaired) electrons. The predicted octanol–water partition coefficient (Wildman–Crippen LogP) is 4.41. The smallest absolute Gasteiger partial charge is 0.229 e. The summed E-state index contributed by atoms with van der Waals surface area (Å²) in [6.07, 6.45) is 8.14. The van der Waals surface area contributed by atoms with Crippen LogP contribution in [0.3, 0.4) is 0 Å². The Morgan fingerprint density at radius 3 is 2.57 bits per heavy atom. The van der Waals surface area contributed by atoms with Crippen molar-refractivity contribution in [3.8, 4) is 0 Å². The topological polar surface area (TPSA) is 67.9 Å². The van der Waals surface area contributed by atoms with Crippen LogP contribution in [0.4, 0.5) is 5.82 Å². The number of aromatic nitrogens is 4. The van der Waals surface area contributed by atoms with Crippen molar-refractivity contribution in [2.45, 2.75) is 48.3 Å². The van der Waals surface area contributed by atoms with Crippen molar-refractivity contribution in [3.63, 3.8) is 0 Å². The van der Waals surface area contributed by atoms with Gasteiger partial charge in [-0.3, -0.25) is 4.98 Å². The van der Waals surface area contributed by atoms with E-state index in [-0.39, 0.29) is 0 Å². The summed E-state index contributed by atoms with van der Waals surface area (Å²) in [6, 6.07) is 10.5. The Morgan fingerprint density at radius 1 is 0.964 bits per heavy atom. The normalized spacial score (nSPS) is 17.8. The lowest BCUT2D eigenvalue weighted by Crippen LogP contribution is -2.33. The molecule has 2 fully saturated rings. The van der Waals surface area contributed by atoms with E-state index in [9.17, 15) is 0 Å². The molecule has 1 aliphatic heterocycles. The molecular formula is C21H23N5OS. The maximum Gasteiger partial charge on any atom is 0.229 e. The van der Waals surface area contributed by atoms with Crippen LogP contribution in [0.5, 0.6) is 0 Å². The molecule has 6 nitrogen and oxygen atoms in total. The van der Waals surface area contributed by atoms with Gasteiger partial charge in [-0.05, 0) is 31.2 Å². The van der Waals surface area contributed by atoms with Crippen molar-refractivity contribution in [1.29, 1.82) is 0 Å². The molecule has 1 aromatic carbocycles. The first-order valence-electron chi connectivity index (χ1n) is 9.92. The van der Waals surface area contributed by atoms with Crippen LogP contribution in [-0.4, -0.2) is 33.2 Å². The van der Waals surface area contributed by atoms with E-state index in [4.69, 9.17) is 9.51 Å². The van der Waals surface area contributed by atoms with Crippen LogP contribution in [0.25, 0.3) is 0 Å². The summed E-state index contributed by atoms with van der Waals surface area (Å²) < 4.78 is 5.43. The van der Waals surface area contributed by atoms with Crippen LogP contribution < -0.4 is 4.90 Å². The minimum Gasteiger partial charge on any atom is -0.355 e. The largest absolute Gasteiger partial charge is 0.355 e. The van der Waals surface area contributed by atoms with Crippen LogP contribution in [-0.2, 0) is 5.75 Å². The van der Waals surface area contributed by atoms with Gasteiger partial charge in [0.2, 0.25) is 5.89 Å². The molecule has 3 heterocycles. The van der Waals surface area contributed by atoms with Gasteiger partial charge in [-0.2, -0.15) is 4.98 Å². The van der Waals surface area contributed by atoms with Crippen LogP contribution in [0.15, 0.2) is 52.3 Å². The first-order chi connectivity index (χ1) is 13.8. The van der Waals surface area contributed by atoms with E-state index >= 15 is 0 Å². The third kappa shape index (κ3) is 4.04. The zero-order valence-electron chi connectivity index (χ0n) is 15.7. The maximum absolute atomic E-state index is 5.43. The van der Waals surface area contributed by atoms with E-state index in [0.29, 0.717) is 11.8 Å². The molecule has 1 aliphatic carbocycles. The molecule has 0 bridgehead atoms. The fourth-order valence-corrected chi connectivity index (χ4v) is 4.37. The second-order valence-electron chi connectivity index (χ2n) is 7.52. The predicted molar refractivity (Wildman–Crippen MR) is 108 cm³/mol. The molecule has 3 aromatic rings. The molecule has 28 heavy (non-hydrogen) atoms. The van der Waals surface area contributed by atoms with Gasteiger partial charge in [-0.25, -0.2) is 4.98 Å². The van der Waals surface area contributed by atoms with E-state index in [1.54, 1.807) is 11.8 Å². The van der Waals surface area contributed by atoms with Crippen LogP contribution >= 0.6 is 11.8 Å². The molecular weight excluding hydrogens is 370 g/mol. The molecule has 1 saturated heterocycles. The molecule has 5 rings (SSSR count). The summed E-state index contributed by atoms with van der Waals surface area (Å²) in [5.74, 6) is 4.50. The summed E-state index contributed by atoms with van der Waals surface area (Å²) in [7, 11) is 0. The SMILES string of the molecule is c1ccc(CSc2cncc(N3CCC(c4noc(C5CC5)n4)CC3)n2)cc1. The number of piperidine rings is 1. The second kappa shape index (κ2) is 7.91. The standard InChI is InChI=1S/C21H23N5OS/c1-2-4-15(5-3-1)14-28-19-13-22-12-18(23-19)26-10-8-16(9-11-26)20-24-21(27-25-20)17-6-7-17/h1-5,12-13,16-17H,6-11,14H2. The fourth-order valence-electron chi connectivity index (χ4n) is 3.57. The minimum atomic E-state index is 0.385. The van der Waals surface area contributed by atoms with Gasteiger partial charge < -0.3 is 9.42 Å². The average molecular weight is 394 g/mol. The van der Waals surface area contributed by atoms with Crippen molar-refractivity contribution < 1.29 is 4.52 Å². The molecule has 0 amide bonds. The fraction of sp³-hybridized carbons (Fsp3) is 0.429. The second-order valence-corrected chi connectivity index (χ2v) is 8.51. The minimum absolute atomic E-state index is 0.385. The lowest BCUT2D eigenvalue weighted by Gasteiger charge is -2.31. The zero-order chi connectivity index (χ0) is 18.8. The van der Waals surface area contributed by atoms with Crippen LogP contribution in [0.1, 0.15) is 54.8 Å². The lowest BCUT2D eigenvalue weighted by atomic mass is 9.96. The third-order valence-electron chi connectivity index (χ3n) is 5.40. The summed E-state index contributed by atoms with van der Waals surface area (Å²) in [6.45, 7) is 1.89. The Morgan fingerprint density at radius 2 is 1.79 bits per heavy atom. The monoisotopic (exact) mass is 393 g/mol. The van der Waals surface area contributed by atoms with Crippen LogP contribution in [0, 0.1) is 0 Å². The summed E-state index contributed by atoms with van der Waals surface area (Å²) in [5.41, 5.74) is 1.30. The Hall–Kier alpha value is -2.41. The zero-order valence-corrected chi connectivity index (χ0v) is 16.5. The van der Waals surface area contributed by atoms with Gasteiger partial charge in [0.15, 0.2) is 5.82 Å².